The molecule has 0 rings (SSSR count). The number of ether oxygens (including phenoxy) is 3. The zero-order chi connectivity index (χ0) is 25.9. The van der Waals surface area contributed by atoms with Crippen molar-refractivity contribution >= 4 is 5.97 Å². The van der Waals surface area contributed by atoms with Crippen molar-refractivity contribution in [2.24, 2.45) is 5.92 Å². The van der Waals surface area contributed by atoms with Gasteiger partial charge in [0, 0.05) is 45.0 Å². The van der Waals surface area contributed by atoms with Crippen LogP contribution in [0.15, 0.2) is 0 Å². The van der Waals surface area contributed by atoms with E-state index >= 15 is 0 Å². The maximum atomic E-state index is 12.9. The molecule has 0 heterocycles. The number of hydrogen-bond donors (Lipinski definition) is 1. The van der Waals surface area contributed by atoms with Crippen LogP contribution in [0.2, 0.25) is 0 Å². The molecule has 15 heteroatoms. The van der Waals surface area contributed by atoms with Crippen LogP contribution in [0.1, 0.15) is 45.4 Å². The highest BCUT2D eigenvalue weighted by Gasteiger charge is 2.57. The van der Waals surface area contributed by atoms with Crippen LogP contribution in [0.25, 0.3) is 0 Å². The summed E-state index contributed by atoms with van der Waals surface area (Å²) in [5, 5.41) is 8.84. The average Bonchev–Trinajstić information content (AvgIpc) is 2.67. The van der Waals surface area contributed by atoms with Gasteiger partial charge in [0.2, 0.25) is 0 Å². The van der Waals surface area contributed by atoms with E-state index in [1.54, 1.807) is 6.92 Å². The van der Waals surface area contributed by atoms with E-state index in [-0.39, 0.29) is 25.6 Å². The molecule has 0 aromatic rings. The van der Waals surface area contributed by atoms with Crippen LogP contribution in [-0.4, -0.2) is 68.0 Å². The SMILES string of the molecule is CC(CO)COC(=O)CCC(OCCCC(F)(F)C(F)(F)F)OCCCC(F)(F)C(F)(F)F. The molecule has 0 aromatic carbocycles. The molecule has 33 heavy (non-hydrogen) atoms. The summed E-state index contributed by atoms with van der Waals surface area (Å²) in [6, 6.07) is 0. The normalized spacial score (nSPS) is 14.6. The minimum absolute atomic E-state index is 0.138. The van der Waals surface area contributed by atoms with Crippen molar-refractivity contribution < 1.29 is 68.0 Å². The Morgan fingerprint density at radius 3 is 1.61 bits per heavy atom. The number of halogens is 10. The molecule has 1 N–H and O–H groups in total. The van der Waals surface area contributed by atoms with E-state index in [2.05, 4.69) is 0 Å². The third kappa shape index (κ3) is 12.6. The van der Waals surface area contributed by atoms with Crippen LogP contribution in [-0.2, 0) is 19.0 Å². The quantitative estimate of drug-likeness (QED) is 0.132. The lowest BCUT2D eigenvalue weighted by Gasteiger charge is -2.22. The largest absolute Gasteiger partial charge is 0.465 e. The van der Waals surface area contributed by atoms with Gasteiger partial charge in [-0.1, -0.05) is 6.92 Å². The van der Waals surface area contributed by atoms with Gasteiger partial charge in [0.05, 0.1) is 13.0 Å². The molecule has 1 unspecified atom stereocenters. The highest BCUT2D eigenvalue weighted by Crippen LogP contribution is 2.39. The first-order valence-corrected chi connectivity index (χ1v) is 9.81. The third-order valence-electron chi connectivity index (χ3n) is 4.13. The Hall–Kier alpha value is -1.35. The summed E-state index contributed by atoms with van der Waals surface area (Å²) in [6.45, 7) is -0.221. The summed E-state index contributed by atoms with van der Waals surface area (Å²) in [5.41, 5.74) is 0. The number of hydrogen-bond acceptors (Lipinski definition) is 5. The summed E-state index contributed by atoms with van der Waals surface area (Å²) >= 11 is 0. The Morgan fingerprint density at radius 2 is 1.24 bits per heavy atom. The fourth-order valence-electron chi connectivity index (χ4n) is 2.11. The lowest BCUT2D eigenvalue weighted by atomic mass is 10.2. The molecule has 0 saturated heterocycles. The molecule has 0 bridgehead atoms. The highest BCUT2D eigenvalue weighted by molar-refractivity contribution is 5.69. The molecule has 0 saturated carbocycles. The van der Waals surface area contributed by atoms with Gasteiger partial charge in [-0.2, -0.15) is 43.9 Å². The van der Waals surface area contributed by atoms with Crippen LogP contribution in [0.3, 0.4) is 0 Å². The van der Waals surface area contributed by atoms with Gasteiger partial charge in [0.1, 0.15) is 0 Å². The van der Waals surface area contributed by atoms with Crippen LogP contribution in [0.5, 0.6) is 0 Å². The van der Waals surface area contributed by atoms with Gasteiger partial charge in [-0.15, -0.1) is 0 Å². The molecule has 198 valence electrons. The molecule has 0 amide bonds. The van der Waals surface area contributed by atoms with E-state index in [9.17, 15) is 48.7 Å². The van der Waals surface area contributed by atoms with E-state index in [4.69, 9.17) is 19.3 Å². The molecular weight excluding hydrogens is 486 g/mol. The summed E-state index contributed by atoms with van der Waals surface area (Å²) in [4.78, 5) is 11.6. The van der Waals surface area contributed by atoms with Crippen LogP contribution in [0.4, 0.5) is 43.9 Å². The zero-order valence-corrected chi connectivity index (χ0v) is 17.6. The number of carbonyl (C=O) groups excluding carboxylic acids is 1. The maximum Gasteiger partial charge on any atom is 0.453 e. The van der Waals surface area contributed by atoms with Crippen molar-refractivity contribution in [2.75, 3.05) is 26.4 Å². The van der Waals surface area contributed by atoms with Gasteiger partial charge < -0.3 is 19.3 Å². The first-order chi connectivity index (χ1) is 14.9. The number of alkyl halides is 10. The van der Waals surface area contributed by atoms with E-state index in [0.717, 1.165) is 0 Å². The summed E-state index contributed by atoms with van der Waals surface area (Å²) in [5.74, 6) is -11.1. The van der Waals surface area contributed by atoms with Gasteiger partial charge in [-0.25, -0.2) is 0 Å². The Labute approximate surface area is 183 Å². The van der Waals surface area contributed by atoms with Gasteiger partial charge in [-0.3, -0.25) is 4.79 Å². The van der Waals surface area contributed by atoms with Gasteiger partial charge in [0.15, 0.2) is 6.29 Å². The van der Waals surface area contributed by atoms with Crippen LogP contribution >= 0.6 is 0 Å². The standard InChI is InChI=1S/C18H26F10O5/c1-12(10-29)11-33-13(30)4-5-14(31-8-2-6-15(19,20)17(23,24)25)32-9-3-7-16(21,22)18(26,27)28/h12,14,29H,2-11H2,1H3. The van der Waals surface area contributed by atoms with E-state index in [1.165, 1.54) is 0 Å². The molecule has 0 spiro atoms. The fraction of sp³-hybridized carbons (Fsp3) is 0.944. The first-order valence-electron chi connectivity index (χ1n) is 9.81. The van der Waals surface area contributed by atoms with Crippen molar-refractivity contribution in [3.8, 4) is 0 Å². The van der Waals surface area contributed by atoms with E-state index in [1.807, 2.05) is 0 Å². The fourth-order valence-corrected chi connectivity index (χ4v) is 2.11. The Morgan fingerprint density at radius 1 is 0.818 bits per heavy atom. The molecule has 0 fully saturated rings. The summed E-state index contributed by atoms with van der Waals surface area (Å²) in [6.07, 6.45) is -18.5. The molecule has 1 atom stereocenters. The number of rotatable bonds is 16. The smallest absolute Gasteiger partial charge is 0.453 e. The van der Waals surface area contributed by atoms with Crippen molar-refractivity contribution in [3.05, 3.63) is 0 Å². The second-order valence-electron chi connectivity index (χ2n) is 7.29. The third-order valence-corrected chi connectivity index (χ3v) is 4.13. The lowest BCUT2D eigenvalue weighted by Crippen LogP contribution is -2.36. The lowest BCUT2D eigenvalue weighted by molar-refractivity contribution is -0.286. The van der Waals surface area contributed by atoms with E-state index in [0.29, 0.717) is 0 Å². The van der Waals surface area contributed by atoms with Crippen LogP contribution < -0.4 is 0 Å². The predicted octanol–water partition coefficient (Wildman–Crippen LogP) is 5.25. The maximum absolute atomic E-state index is 12.9. The number of esters is 1. The summed E-state index contributed by atoms with van der Waals surface area (Å²) in [7, 11) is 0. The number of aliphatic hydroxyl groups excluding tert-OH is 1. The molecule has 0 aliphatic rings. The van der Waals surface area contributed by atoms with Crippen LogP contribution in [0, 0.1) is 5.92 Å². The molecule has 0 aromatic heterocycles. The molecule has 0 radical (unpaired) electrons. The number of aliphatic hydroxyl groups is 1. The summed E-state index contributed by atoms with van der Waals surface area (Å²) < 4.78 is 139. The monoisotopic (exact) mass is 512 g/mol. The van der Waals surface area contributed by atoms with E-state index < -0.39 is 81.8 Å². The Balaban J connectivity index is 4.67. The highest BCUT2D eigenvalue weighted by atomic mass is 19.4. The first kappa shape index (κ1) is 31.6. The Bertz CT molecular complexity index is 532. The van der Waals surface area contributed by atoms with Gasteiger partial charge >= 0.3 is 30.2 Å². The van der Waals surface area contributed by atoms with Crippen molar-refractivity contribution in [2.45, 2.75) is 75.9 Å². The van der Waals surface area contributed by atoms with Gasteiger partial charge in [-0.05, 0) is 12.8 Å². The molecule has 5 nitrogen and oxygen atoms in total. The molecule has 0 aliphatic heterocycles. The molecular formula is C18H26F10O5. The number of carbonyl (C=O) groups is 1. The van der Waals surface area contributed by atoms with Crippen molar-refractivity contribution in [3.63, 3.8) is 0 Å². The van der Waals surface area contributed by atoms with Crippen molar-refractivity contribution in [1.29, 1.82) is 0 Å². The molecule has 0 aliphatic carbocycles. The van der Waals surface area contributed by atoms with Crippen molar-refractivity contribution in [1.82, 2.24) is 0 Å². The second-order valence-corrected chi connectivity index (χ2v) is 7.29. The minimum atomic E-state index is -5.76. The van der Waals surface area contributed by atoms with Gasteiger partial charge in [0.25, 0.3) is 0 Å². The Kier molecular flexibility index (Phi) is 13.0. The predicted molar refractivity (Wildman–Crippen MR) is 92.6 cm³/mol. The topological polar surface area (TPSA) is 65.0 Å². The zero-order valence-electron chi connectivity index (χ0n) is 17.6. The minimum Gasteiger partial charge on any atom is -0.465 e. The average molecular weight is 512 g/mol. The second kappa shape index (κ2) is 13.5.